The molecule has 0 saturated heterocycles. The van der Waals surface area contributed by atoms with Crippen LogP contribution in [-0.4, -0.2) is 46.0 Å². The molecular weight excluding hydrogens is 356 g/mol. The lowest BCUT2D eigenvalue weighted by molar-refractivity contribution is 0.0766. The number of hydrogen-bond acceptors (Lipinski definition) is 4. The summed E-state index contributed by atoms with van der Waals surface area (Å²) in [5.74, 6) is 0.470. The Labute approximate surface area is 165 Å². The van der Waals surface area contributed by atoms with Crippen LogP contribution in [0.1, 0.15) is 60.4 Å². The molecule has 2 aromatic rings. The van der Waals surface area contributed by atoms with Crippen LogP contribution in [0.5, 0.6) is 5.75 Å². The molecule has 0 fully saturated rings. The van der Waals surface area contributed by atoms with Gasteiger partial charge in [-0.1, -0.05) is 12.1 Å². The van der Waals surface area contributed by atoms with Gasteiger partial charge in [0.15, 0.2) is 5.82 Å². The lowest BCUT2D eigenvalue weighted by Crippen LogP contribution is -2.31. The number of nitrogens with zero attached hydrogens (tertiary/aromatic N) is 3. The molecule has 0 radical (unpaired) electrons. The summed E-state index contributed by atoms with van der Waals surface area (Å²) < 4.78 is 7.49. The number of imidazole rings is 1. The van der Waals surface area contributed by atoms with Crippen molar-refractivity contribution in [2.24, 2.45) is 0 Å². The van der Waals surface area contributed by atoms with Crippen LogP contribution >= 0.6 is 0 Å². The Morgan fingerprint density at radius 2 is 1.93 bits per heavy atom. The van der Waals surface area contributed by atoms with Crippen LogP contribution in [0, 0.1) is 0 Å². The summed E-state index contributed by atoms with van der Waals surface area (Å²) in [6, 6.07) is 7.31. The average molecular weight is 384 g/mol. The Hall–Kier alpha value is -2.83. The molecule has 28 heavy (non-hydrogen) atoms. The zero-order valence-electron chi connectivity index (χ0n) is 16.8. The van der Waals surface area contributed by atoms with Crippen LogP contribution in [-0.2, 0) is 13.0 Å². The van der Waals surface area contributed by atoms with Crippen molar-refractivity contribution in [2.75, 3.05) is 25.0 Å². The largest absolute Gasteiger partial charge is 0.492 e. The number of nitrogens with one attached hydrogen (secondary N) is 1. The van der Waals surface area contributed by atoms with Crippen molar-refractivity contribution >= 4 is 17.5 Å². The molecule has 1 aliphatic heterocycles. The highest BCUT2D eigenvalue weighted by molar-refractivity contribution is 6.04. The van der Waals surface area contributed by atoms with E-state index in [1.165, 1.54) is 0 Å². The van der Waals surface area contributed by atoms with E-state index in [1.807, 2.05) is 43.5 Å². The number of amides is 2. The third kappa shape index (κ3) is 3.88. The van der Waals surface area contributed by atoms with Crippen molar-refractivity contribution in [1.82, 2.24) is 14.5 Å². The number of ether oxygens (including phenoxy) is 1. The van der Waals surface area contributed by atoms with E-state index in [2.05, 4.69) is 10.3 Å². The first-order valence-electron chi connectivity index (χ1n) is 10.0. The lowest BCUT2D eigenvalue weighted by Gasteiger charge is -2.20. The van der Waals surface area contributed by atoms with Crippen LogP contribution in [0.15, 0.2) is 24.3 Å². The fraction of sp³-hybridized carbons (Fsp3) is 0.476. The van der Waals surface area contributed by atoms with E-state index in [4.69, 9.17) is 4.74 Å². The Kier molecular flexibility index (Phi) is 6.34. The first kappa shape index (κ1) is 19.9. The molecule has 0 saturated carbocycles. The first-order valence-corrected chi connectivity index (χ1v) is 10.0. The summed E-state index contributed by atoms with van der Waals surface area (Å²) >= 11 is 0. The summed E-state index contributed by atoms with van der Waals surface area (Å²) in [6.07, 6.45) is 2.73. The van der Waals surface area contributed by atoms with E-state index in [9.17, 15) is 9.59 Å². The molecule has 3 rings (SSSR count). The molecule has 0 aliphatic carbocycles. The predicted octanol–water partition coefficient (Wildman–Crippen LogP) is 3.35. The van der Waals surface area contributed by atoms with Crippen molar-refractivity contribution in [3.63, 3.8) is 0 Å². The van der Waals surface area contributed by atoms with Gasteiger partial charge in [-0.05, 0) is 52.2 Å². The molecule has 0 bridgehead atoms. The highest BCUT2D eigenvalue weighted by atomic mass is 16.5. The highest BCUT2D eigenvalue weighted by Gasteiger charge is 2.29. The second kappa shape index (κ2) is 8.91. The van der Waals surface area contributed by atoms with E-state index in [0.29, 0.717) is 43.4 Å². The summed E-state index contributed by atoms with van der Waals surface area (Å²) in [6.45, 7) is 8.23. The van der Waals surface area contributed by atoms with Gasteiger partial charge in [0, 0.05) is 19.6 Å². The number of fused-ring (bicyclic) bond motifs is 1. The van der Waals surface area contributed by atoms with Crippen molar-refractivity contribution in [2.45, 2.75) is 46.6 Å². The summed E-state index contributed by atoms with van der Waals surface area (Å²) in [5.41, 5.74) is 1.87. The number of hydrogen-bond donors (Lipinski definition) is 1. The second-order valence-corrected chi connectivity index (χ2v) is 6.70. The quantitative estimate of drug-likeness (QED) is 0.794. The number of carbonyl (C=O) groups excluding carboxylic acids is 2. The molecule has 0 unspecified atom stereocenters. The standard InChI is InChI=1S/C21H28N4O3/c1-4-24(5-2)21(27)18-16-12-9-10-14-25(16)19(23-18)20(26)22-15-11-7-8-13-17(15)28-6-3/h7-8,11,13H,4-6,9-10,12,14H2,1-3H3,(H,22,26). The fourth-order valence-corrected chi connectivity index (χ4v) is 3.58. The Morgan fingerprint density at radius 3 is 2.64 bits per heavy atom. The number of rotatable bonds is 7. The maximum Gasteiger partial charge on any atom is 0.291 e. The molecule has 1 aliphatic rings. The van der Waals surface area contributed by atoms with Crippen molar-refractivity contribution < 1.29 is 14.3 Å². The molecule has 150 valence electrons. The Bertz CT molecular complexity index is 855. The number of anilines is 1. The third-order valence-electron chi connectivity index (χ3n) is 5.01. The topological polar surface area (TPSA) is 76.5 Å². The van der Waals surface area contributed by atoms with Gasteiger partial charge in [0.25, 0.3) is 11.8 Å². The van der Waals surface area contributed by atoms with E-state index in [0.717, 1.165) is 25.0 Å². The first-order chi connectivity index (χ1) is 13.6. The molecule has 0 atom stereocenters. The summed E-state index contributed by atoms with van der Waals surface area (Å²) in [5, 5.41) is 2.90. The van der Waals surface area contributed by atoms with Crippen LogP contribution in [0.4, 0.5) is 5.69 Å². The molecule has 1 N–H and O–H groups in total. The number of carbonyl (C=O) groups is 2. The maximum absolute atomic E-state index is 13.0. The van der Waals surface area contributed by atoms with Crippen LogP contribution in [0.25, 0.3) is 0 Å². The zero-order valence-corrected chi connectivity index (χ0v) is 16.8. The van der Waals surface area contributed by atoms with Crippen LogP contribution < -0.4 is 10.1 Å². The van der Waals surface area contributed by atoms with E-state index >= 15 is 0 Å². The molecule has 1 aromatic heterocycles. The normalized spacial score (nSPS) is 13.0. The third-order valence-corrected chi connectivity index (χ3v) is 5.01. The number of para-hydroxylation sites is 2. The fourth-order valence-electron chi connectivity index (χ4n) is 3.58. The van der Waals surface area contributed by atoms with Gasteiger partial charge in [0.1, 0.15) is 11.4 Å². The molecule has 7 heteroatoms. The number of benzene rings is 1. The monoisotopic (exact) mass is 384 g/mol. The van der Waals surface area contributed by atoms with Crippen molar-refractivity contribution in [3.05, 3.63) is 41.5 Å². The van der Waals surface area contributed by atoms with Gasteiger partial charge in [-0.3, -0.25) is 9.59 Å². The SMILES string of the molecule is CCOc1ccccc1NC(=O)c1nc(C(=O)N(CC)CC)c2n1CCCC2. The molecule has 7 nitrogen and oxygen atoms in total. The van der Waals surface area contributed by atoms with E-state index in [-0.39, 0.29) is 17.6 Å². The summed E-state index contributed by atoms with van der Waals surface area (Å²) in [7, 11) is 0. The van der Waals surface area contributed by atoms with Gasteiger partial charge in [0.2, 0.25) is 0 Å². The van der Waals surface area contributed by atoms with Crippen LogP contribution in [0.3, 0.4) is 0 Å². The second-order valence-electron chi connectivity index (χ2n) is 6.70. The van der Waals surface area contributed by atoms with Crippen molar-refractivity contribution in [1.29, 1.82) is 0 Å². The highest BCUT2D eigenvalue weighted by Crippen LogP contribution is 2.26. The van der Waals surface area contributed by atoms with Gasteiger partial charge in [-0.15, -0.1) is 0 Å². The molecule has 0 spiro atoms. The van der Waals surface area contributed by atoms with E-state index < -0.39 is 0 Å². The van der Waals surface area contributed by atoms with Gasteiger partial charge in [-0.2, -0.15) is 0 Å². The molecule has 2 amide bonds. The lowest BCUT2D eigenvalue weighted by atomic mass is 10.1. The minimum absolute atomic E-state index is 0.107. The minimum atomic E-state index is -0.325. The smallest absolute Gasteiger partial charge is 0.291 e. The maximum atomic E-state index is 13.0. The summed E-state index contributed by atoms with van der Waals surface area (Å²) in [4.78, 5) is 32.2. The van der Waals surface area contributed by atoms with Gasteiger partial charge >= 0.3 is 0 Å². The van der Waals surface area contributed by atoms with Gasteiger partial charge in [0.05, 0.1) is 18.0 Å². The van der Waals surface area contributed by atoms with Crippen LogP contribution in [0.2, 0.25) is 0 Å². The average Bonchev–Trinajstić information content (AvgIpc) is 3.10. The van der Waals surface area contributed by atoms with Crippen molar-refractivity contribution in [3.8, 4) is 5.75 Å². The predicted molar refractivity (Wildman–Crippen MR) is 108 cm³/mol. The molecule has 1 aromatic carbocycles. The number of aromatic nitrogens is 2. The Morgan fingerprint density at radius 1 is 1.18 bits per heavy atom. The Balaban J connectivity index is 1.94. The van der Waals surface area contributed by atoms with Gasteiger partial charge in [-0.25, -0.2) is 4.98 Å². The van der Waals surface area contributed by atoms with E-state index in [1.54, 1.807) is 11.0 Å². The zero-order chi connectivity index (χ0) is 20.1. The molecular formula is C21H28N4O3. The minimum Gasteiger partial charge on any atom is -0.492 e. The molecule has 2 heterocycles. The van der Waals surface area contributed by atoms with Gasteiger partial charge < -0.3 is 19.5 Å².